The predicted molar refractivity (Wildman–Crippen MR) is 94.7 cm³/mol. The number of ketones is 1. The first-order valence-corrected chi connectivity index (χ1v) is 8.66. The Labute approximate surface area is 148 Å². The minimum Gasteiger partial charge on any atom is -0.468 e. The van der Waals surface area contributed by atoms with Crippen LogP contribution >= 0.6 is 0 Å². The Morgan fingerprint density at radius 2 is 1.92 bits per heavy atom. The minimum absolute atomic E-state index is 0.0775. The van der Waals surface area contributed by atoms with Gasteiger partial charge in [-0.25, -0.2) is 0 Å². The summed E-state index contributed by atoms with van der Waals surface area (Å²) in [5, 5.41) is 2.55. The topological polar surface area (TPSA) is 77.4 Å². The third kappa shape index (κ3) is 3.94. The van der Waals surface area contributed by atoms with Gasteiger partial charge in [0.1, 0.15) is 6.54 Å². The fourth-order valence-electron chi connectivity index (χ4n) is 3.75. The molecule has 6 heteroatoms. The Morgan fingerprint density at radius 3 is 2.48 bits per heavy atom. The number of hydrogen-bond acceptors (Lipinski definition) is 4. The Morgan fingerprint density at radius 1 is 1.28 bits per heavy atom. The number of nitrogens with zero attached hydrogens (tertiary/aromatic N) is 1. The van der Waals surface area contributed by atoms with E-state index in [1.165, 1.54) is 7.11 Å². The molecule has 0 bridgehead atoms. The van der Waals surface area contributed by atoms with Crippen LogP contribution in [-0.4, -0.2) is 35.9 Å². The van der Waals surface area contributed by atoms with Crippen molar-refractivity contribution >= 4 is 17.7 Å². The number of methoxy groups -OCH3 is 1. The summed E-state index contributed by atoms with van der Waals surface area (Å²) in [4.78, 5) is 36.2. The first-order valence-electron chi connectivity index (χ1n) is 8.66. The van der Waals surface area contributed by atoms with Gasteiger partial charge in [-0.15, -0.1) is 0 Å². The van der Waals surface area contributed by atoms with Crippen LogP contribution in [0.1, 0.15) is 67.5 Å². The number of rotatable bonds is 5. The van der Waals surface area contributed by atoms with Crippen molar-refractivity contribution in [2.75, 3.05) is 13.7 Å². The molecule has 138 valence electrons. The molecule has 0 unspecified atom stereocenters. The molecule has 0 aromatic carbocycles. The van der Waals surface area contributed by atoms with Crippen molar-refractivity contribution in [2.45, 2.75) is 59.9 Å². The largest absolute Gasteiger partial charge is 0.468 e. The Bertz CT molecular complexity index is 713. The Hall–Kier alpha value is -2.11. The average molecular weight is 348 g/mol. The molecule has 0 fully saturated rings. The highest BCUT2D eigenvalue weighted by atomic mass is 16.5. The zero-order valence-electron chi connectivity index (χ0n) is 16.0. The molecule has 0 atom stereocenters. The molecule has 1 heterocycles. The van der Waals surface area contributed by atoms with Gasteiger partial charge in [-0.3, -0.25) is 14.4 Å². The minimum atomic E-state index is -0.496. The third-order valence-corrected chi connectivity index (χ3v) is 4.75. The van der Waals surface area contributed by atoms with Gasteiger partial charge in [-0.1, -0.05) is 13.8 Å². The van der Waals surface area contributed by atoms with Crippen molar-refractivity contribution in [1.82, 2.24) is 9.88 Å². The van der Waals surface area contributed by atoms with Gasteiger partial charge < -0.3 is 14.6 Å². The molecule has 0 saturated carbocycles. The number of carbonyl (C=O) groups excluding carboxylic acids is 3. The maximum absolute atomic E-state index is 12.8. The number of nitrogens with one attached hydrogen (secondary N) is 1. The number of aromatic nitrogens is 1. The Balaban J connectivity index is 2.38. The van der Waals surface area contributed by atoms with Crippen LogP contribution in [0.25, 0.3) is 0 Å². The van der Waals surface area contributed by atoms with Gasteiger partial charge in [0.15, 0.2) is 5.78 Å². The molecule has 6 nitrogen and oxygen atoms in total. The summed E-state index contributed by atoms with van der Waals surface area (Å²) in [5.74, 6) is -0.677. The van der Waals surface area contributed by atoms with Crippen molar-refractivity contribution in [3.05, 3.63) is 22.5 Å². The lowest BCUT2D eigenvalue weighted by molar-refractivity contribution is -0.141. The van der Waals surface area contributed by atoms with Gasteiger partial charge in [0, 0.05) is 29.4 Å². The summed E-state index contributed by atoms with van der Waals surface area (Å²) in [7, 11) is 1.28. The molecule has 0 radical (unpaired) electrons. The molecule has 1 aromatic rings. The van der Waals surface area contributed by atoms with Crippen LogP contribution in [0.2, 0.25) is 0 Å². The van der Waals surface area contributed by atoms with E-state index in [9.17, 15) is 14.4 Å². The lowest BCUT2D eigenvalue weighted by Gasteiger charge is -2.31. The van der Waals surface area contributed by atoms with Gasteiger partial charge in [0.05, 0.1) is 13.5 Å². The van der Waals surface area contributed by atoms with E-state index in [0.717, 1.165) is 23.4 Å². The van der Waals surface area contributed by atoms with E-state index in [4.69, 9.17) is 0 Å². The number of amides is 1. The Kier molecular flexibility index (Phi) is 5.40. The summed E-state index contributed by atoms with van der Waals surface area (Å²) >= 11 is 0. The fourth-order valence-corrected chi connectivity index (χ4v) is 3.75. The normalized spacial score (nSPS) is 15.9. The fraction of sp³-hybridized carbons (Fsp3) is 0.632. The maximum Gasteiger partial charge on any atom is 0.325 e. The second-order valence-electron chi connectivity index (χ2n) is 7.82. The summed E-state index contributed by atoms with van der Waals surface area (Å²) in [6, 6.07) is 0.210. The van der Waals surface area contributed by atoms with E-state index >= 15 is 0 Å². The number of fused-ring (bicyclic) bond motifs is 1. The second kappa shape index (κ2) is 7.02. The van der Waals surface area contributed by atoms with E-state index in [1.807, 2.05) is 6.92 Å². The molecular weight excluding hydrogens is 320 g/mol. The quantitative estimate of drug-likeness (QED) is 0.829. The number of carbonyl (C=O) groups is 3. The van der Waals surface area contributed by atoms with Crippen molar-refractivity contribution in [3.63, 3.8) is 0 Å². The van der Waals surface area contributed by atoms with Crippen LogP contribution in [-0.2, 0) is 27.2 Å². The van der Waals surface area contributed by atoms with Crippen LogP contribution < -0.4 is 5.32 Å². The summed E-state index contributed by atoms with van der Waals surface area (Å²) in [6.07, 6.45) is 1.40. The van der Waals surface area contributed by atoms with Gasteiger partial charge in [0.2, 0.25) is 5.91 Å². The number of ether oxygens (including phenoxy) is 1. The molecule has 1 aliphatic carbocycles. The van der Waals surface area contributed by atoms with E-state index in [2.05, 4.69) is 42.3 Å². The zero-order chi connectivity index (χ0) is 18.9. The lowest BCUT2D eigenvalue weighted by Crippen LogP contribution is -2.32. The predicted octanol–water partition coefficient (Wildman–Crippen LogP) is 2.36. The molecule has 0 aliphatic heterocycles. The second-order valence-corrected chi connectivity index (χ2v) is 7.82. The molecule has 0 saturated heterocycles. The maximum atomic E-state index is 12.8. The average Bonchev–Trinajstić information content (AvgIpc) is 2.75. The van der Waals surface area contributed by atoms with Gasteiger partial charge >= 0.3 is 5.97 Å². The number of hydrogen-bond donors (Lipinski definition) is 1. The van der Waals surface area contributed by atoms with E-state index in [-0.39, 0.29) is 36.1 Å². The molecule has 1 aliphatic rings. The highest BCUT2D eigenvalue weighted by molar-refractivity contribution is 6.02. The van der Waals surface area contributed by atoms with Gasteiger partial charge in [-0.2, -0.15) is 0 Å². The lowest BCUT2D eigenvalue weighted by atomic mass is 9.75. The van der Waals surface area contributed by atoms with Crippen LogP contribution in [0.3, 0.4) is 0 Å². The number of Topliss-reactive ketones (excluding diaryl/α,β-unsaturated/α-hetero) is 1. The van der Waals surface area contributed by atoms with Crippen LogP contribution in [0, 0.1) is 12.3 Å². The van der Waals surface area contributed by atoms with Crippen molar-refractivity contribution in [2.24, 2.45) is 5.41 Å². The van der Waals surface area contributed by atoms with Crippen molar-refractivity contribution in [1.29, 1.82) is 0 Å². The highest BCUT2D eigenvalue weighted by Crippen LogP contribution is 2.40. The zero-order valence-corrected chi connectivity index (χ0v) is 16.0. The highest BCUT2D eigenvalue weighted by Gasteiger charge is 2.37. The van der Waals surface area contributed by atoms with Crippen LogP contribution in [0.4, 0.5) is 0 Å². The molecule has 0 spiro atoms. The molecular formula is C19H28N2O4. The van der Waals surface area contributed by atoms with Gasteiger partial charge in [0.25, 0.3) is 0 Å². The smallest absolute Gasteiger partial charge is 0.325 e. The number of esters is 1. The molecule has 1 aromatic heterocycles. The van der Waals surface area contributed by atoms with E-state index in [0.29, 0.717) is 12.0 Å². The summed E-state index contributed by atoms with van der Waals surface area (Å²) in [6.45, 7) is 10.2. The van der Waals surface area contributed by atoms with Crippen molar-refractivity contribution in [3.8, 4) is 0 Å². The molecule has 1 N–H and O–H groups in total. The molecule has 1 amide bonds. The summed E-state index contributed by atoms with van der Waals surface area (Å²) in [5.41, 5.74) is 3.40. The van der Waals surface area contributed by atoms with Crippen LogP contribution in [0.15, 0.2) is 0 Å². The van der Waals surface area contributed by atoms with Crippen molar-refractivity contribution < 1.29 is 19.1 Å². The van der Waals surface area contributed by atoms with Gasteiger partial charge in [-0.05, 0) is 38.2 Å². The molecule has 25 heavy (non-hydrogen) atoms. The molecule has 2 rings (SSSR count). The first kappa shape index (κ1) is 19.2. The van der Waals surface area contributed by atoms with E-state index in [1.54, 1.807) is 0 Å². The first-order chi connectivity index (χ1) is 11.6. The monoisotopic (exact) mass is 348 g/mol. The SMILES string of the molecule is COC(=O)CNC(=O)Cc1c2c(n(C(C)C)c1C)CC(C)(C)CC2=O. The standard InChI is InChI=1S/C19H28N2O4/c1-11(2)21-12(3)13(7-16(23)20-10-17(24)25-6)18-14(21)8-19(4,5)9-15(18)22/h11H,7-10H2,1-6H3,(H,20,23). The van der Waals surface area contributed by atoms with E-state index < -0.39 is 5.97 Å². The summed E-state index contributed by atoms with van der Waals surface area (Å²) < 4.78 is 6.71. The third-order valence-electron chi connectivity index (χ3n) is 4.75. The van der Waals surface area contributed by atoms with Crippen LogP contribution in [0.5, 0.6) is 0 Å².